The summed E-state index contributed by atoms with van der Waals surface area (Å²) in [6.45, 7) is 8.59. The van der Waals surface area contributed by atoms with Gasteiger partial charge in [-0.15, -0.1) is 0 Å². The van der Waals surface area contributed by atoms with Crippen LogP contribution in [0.1, 0.15) is 44.5 Å². The number of aliphatic hydroxyl groups is 1. The Bertz CT molecular complexity index is 438. The lowest BCUT2D eigenvalue weighted by Gasteiger charge is -2.31. The predicted octanol–water partition coefficient (Wildman–Crippen LogP) is 2.61. The Morgan fingerprint density at radius 1 is 1.35 bits per heavy atom. The summed E-state index contributed by atoms with van der Waals surface area (Å²) in [5, 5.41) is 12.1. The van der Waals surface area contributed by atoms with E-state index >= 15 is 0 Å². The standard InChI is InChI=1S/C16H25NO3/c1-5-20-13-9-7-6-8-12(13)15(19)17-14(10-11-18)16(2,3)4/h6-9,14,18H,5,10-11H2,1-4H3,(H,17,19). The van der Waals surface area contributed by atoms with E-state index in [0.717, 1.165) is 0 Å². The molecular formula is C16H25NO3. The number of carbonyl (C=O) groups excluding carboxylic acids is 1. The summed E-state index contributed by atoms with van der Waals surface area (Å²) in [4.78, 5) is 12.4. The van der Waals surface area contributed by atoms with E-state index in [0.29, 0.717) is 24.3 Å². The number of amides is 1. The molecule has 0 aliphatic heterocycles. The van der Waals surface area contributed by atoms with Gasteiger partial charge in [-0.3, -0.25) is 4.79 Å². The number of para-hydroxylation sites is 1. The minimum atomic E-state index is -0.164. The Morgan fingerprint density at radius 2 is 2.00 bits per heavy atom. The molecular weight excluding hydrogens is 254 g/mol. The van der Waals surface area contributed by atoms with Crippen molar-refractivity contribution in [3.8, 4) is 5.75 Å². The SMILES string of the molecule is CCOc1ccccc1C(=O)NC(CCO)C(C)(C)C. The van der Waals surface area contributed by atoms with Crippen molar-refractivity contribution in [2.75, 3.05) is 13.2 Å². The van der Waals surface area contributed by atoms with Crippen molar-refractivity contribution in [3.63, 3.8) is 0 Å². The van der Waals surface area contributed by atoms with E-state index in [2.05, 4.69) is 5.32 Å². The van der Waals surface area contributed by atoms with E-state index in [1.165, 1.54) is 0 Å². The second-order valence-electron chi connectivity index (χ2n) is 5.83. The third-order valence-electron chi connectivity index (χ3n) is 3.20. The summed E-state index contributed by atoms with van der Waals surface area (Å²) in [6, 6.07) is 7.11. The van der Waals surface area contributed by atoms with E-state index in [1.54, 1.807) is 12.1 Å². The molecule has 0 aliphatic carbocycles. The lowest BCUT2D eigenvalue weighted by Crippen LogP contribution is -2.44. The van der Waals surface area contributed by atoms with Crippen LogP contribution in [0.5, 0.6) is 5.75 Å². The number of ether oxygens (including phenoxy) is 1. The van der Waals surface area contributed by atoms with Crippen LogP contribution in [-0.2, 0) is 0 Å². The monoisotopic (exact) mass is 279 g/mol. The molecule has 0 saturated carbocycles. The molecule has 2 N–H and O–H groups in total. The molecule has 4 nitrogen and oxygen atoms in total. The van der Waals surface area contributed by atoms with Crippen molar-refractivity contribution in [2.45, 2.75) is 40.2 Å². The Hall–Kier alpha value is -1.55. The molecule has 0 aliphatic rings. The van der Waals surface area contributed by atoms with Crippen LogP contribution in [-0.4, -0.2) is 30.3 Å². The highest BCUT2D eigenvalue weighted by molar-refractivity contribution is 5.97. The first-order valence-electron chi connectivity index (χ1n) is 7.03. The first-order chi connectivity index (χ1) is 9.40. The first kappa shape index (κ1) is 16.5. The van der Waals surface area contributed by atoms with Gasteiger partial charge in [0.15, 0.2) is 0 Å². The smallest absolute Gasteiger partial charge is 0.255 e. The summed E-state index contributed by atoms with van der Waals surface area (Å²) in [5.74, 6) is 0.423. The fourth-order valence-corrected chi connectivity index (χ4v) is 2.02. The molecule has 0 aromatic heterocycles. The highest BCUT2D eigenvalue weighted by Crippen LogP contribution is 2.23. The van der Waals surface area contributed by atoms with Crippen molar-refractivity contribution in [3.05, 3.63) is 29.8 Å². The van der Waals surface area contributed by atoms with Crippen LogP contribution in [0.3, 0.4) is 0 Å². The molecule has 0 saturated heterocycles. The van der Waals surface area contributed by atoms with Crippen molar-refractivity contribution in [2.24, 2.45) is 5.41 Å². The number of rotatable bonds is 6. The highest BCUT2D eigenvalue weighted by atomic mass is 16.5. The molecule has 1 aromatic carbocycles. The molecule has 1 aromatic rings. The van der Waals surface area contributed by atoms with Crippen molar-refractivity contribution in [1.29, 1.82) is 0 Å². The van der Waals surface area contributed by atoms with Crippen molar-refractivity contribution in [1.82, 2.24) is 5.32 Å². The van der Waals surface area contributed by atoms with Gasteiger partial charge in [0, 0.05) is 12.6 Å². The molecule has 1 rings (SSSR count). The van der Waals surface area contributed by atoms with E-state index in [1.807, 2.05) is 39.8 Å². The van der Waals surface area contributed by atoms with E-state index < -0.39 is 0 Å². The zero-order valence-corrected chi connectivity index (χ0v) is 12.8. The van der Waals surface area contributed by atoms with Crippen molar-refractivity contribution < 1.29 is 14.6 Å². The molecule has 0 fully saturated rings. The van der Waals surface area contributed by atoms with Gasteiger partial charge in [0.2, 0.25) is 0 Å². The van der Waals surface area contributed by atoms with E-state index in [4.69, 9.17) is 9.84 Å². The molecule has 0 bridgehead atoms. The van der Waals surface area contributed by atoms with Crippen LogP contribution < -0.4 is 10.1 Å². The number of carbonyl (C=O) groups is 1. The molecule has 112 valence electrons. The van der Waals surface area contributed by atoms with Crippen LogP contribution in [0.2, 0.25) is 0 Å². The van der Waals surface area contributed by atoms with Gasteiger partial charge in [-0.2, -0.15) is 0 Å². The Labute approximate surface area is 121 Å². The van der Waals surface area contributed by atoms with Gasteiger partial charge in [-0.1, -0.05) is 32.9 Å². The molecule has 4 heteroatoms. The molecule has 1 atom stereocenters. The van der Waals surface area contributed by atoms with Gasteiger partial charge in [-0.25, -0.2) is 0 Å². The second kappa shape index (κ2) is 7.29. The Kier molecular flexibility index (Phi) is 6.02. The minimum Gasteiger partial charge on any atom is -0.493 e. The number of benzene rings is 1. The zero-order valence-electron chi connectivity index (χ0n) is 12.8. The molecule has 0 radical (unpaired) electrons. The van der Waals surface area contributed by atoms with E-state index in [-0.39, 0.29) is 24.0 Å². The molecule has 0 spiro atoms. The first-order valence-corrected chi connectivity index (χ1v) is 7.03. The third kappa shape index (κ3) is 4.53. The topological polar surface area (TPSA) is 58.6 Å². The number of aliphatic hydroxyl groups excluding tert-OH is 1. The largest absolute Gasteiger partial charge is 0.493 e. The maximum Gasteiger partial charge on any atom is 0.255 e. The normalized spacial score (nSPS) is 12.8. The minimum absolute atomic E-state index is 0.0509. The molecule has 20 heavy (non-hydrogen) atoms. The van der Waals surface area contributed by atoms with E-state index in [9.17, 15) is 4.79 Å². The van der Waals surface area contributed by atoms with Crippen LogP contribution in [0.4, 0.5) is 0 Å². The quantitative estimate of drug-likeness (QED) is 0.841. The lowest BCUT2D eigenvalue weighted by molar-refractivity contribution is 0.0881. The zero-order chi connectivity index (χ0) is 15.2. The highest BCUT2D eigenvalue weighted by Gasteiger charge is 2.26. The maximum atomic E-state index is 12.4. The fourth-order valence-electron chi connectivity index (χ4n) is 2.02. The maximum absolute atomic E-state index is 12.4. The van der Waals surface area contributed by atoms with Gasteiger partial charge in [-0.05, 0) is 30.9 Å². The van der Waals surface area contributed by atoms with Gasteiger partial charge < -0.3 is 15.2 Å². The summed E-state index contributed by atoms with van der Waals surface area (Å²) in [6.07, 6.45) is 0.534. The Balaban J connectivity index is 2.89. The van der Waals surface area contributed by atoms with Gasteiger partial charge in [0.1, 0.15) is 5.75 Å². The van der Waals surface area contributed by atoms with Gasteiger partial charge in [0.25, 0.3) is 5.91 Å². The summed E-state index contributed by atoms with van der Waals surface area (Å²) >= 11 is 0. The number of nitrogens with one attached hydrogen (secondary N) is 1. The van der Waals surface area contributed by atoms with Crippen LogP contribution in [0, 0.1) is 5.41 Å². The van der Waals surface area contributed by atoms with Gasteiger partial charge >= 0.3 is 0 Å². The van der Waals surface area contributed by atoms with Crippen LogP contribution in [0.25, 0.3) is 0 Å². The predicted molar refractivity (Wildman–Crippen MR) is 80.0 cm³/mol. The van der Waals surface area contributed by atoms with Crippen LogP contribution in [0.15, 0.2) is 24.3 Å². The molecule has 1 amide bonds. The molecule has 1 unspecified atom stereocenters. The third-order valence-corrected chi connectivity index (χ3v) is 3.20. The Morgan fingerprint density at radius 3 is 2.55 bits per heavy atom. The van der Waals surface area contributed by atoms with Crippen molar-refractivity contribution >= 4 is 5.91 Å². The summed E-state index contributed by atoms with van der Waals surface area (Å²) < 4.78 is 5.48. The molecule has 0 heterocycles. The summed E-state index contributed by atoms with van der Waals surface area (Å²) in [7, 11) is 0. The second-order valence-corrected chi connectivity index (χ2v) is 5.83. The number of hydrogen-bond donors (Lipinski definition) is 2. The average Bonchev–Trinajstić information content (AvgIpc) is 2.38. The van der Waals surface area contributed by atoms with Gasteiger partial charge in [0.05, 0.1) is 12.2 Å². The fraction of sp³-hybridized carbons (Fsp3) is 0.562. The lowest BCUT2D eigenvalue weighted by atomic mass is 9.84. The van der Waals surface area contributed by atoms with Crippen LogP contribution >= 0.6 is 0 Å². The summed E-state index contributed by atoms with van der Waals surface area (Å²) in [5.41, 5.74) is 0.417. The average molecular weight is 279 g/mol. The number of hydrogen-bond acceptors (Lipinski definition) is 3.